The molecule has 2 unspecified atom stereocenters. The SMILES string of the molecule is FC1=CC=CC(F)C1(F)c1ccc(Br)cc1F. The number of hydrogen-bond acceptors (Lipinski definition) is 0. The number of halogens is 5. The van der Waals surface area contributed by atoms with E-state index in [9.17, 15) is 17.6 Å². The Bertz CT molecular complexity index is 509. The molecule has 0 N–H and O–H groups in total. The van der Waals surface area contributed by atoms with Crippen molar-refractivity contribution in [2.45, 2.75) is 11.8 Å². The summed E-state index contributed by atoms with van der Waals surface area (Å²) < 4.78 is 55.3. The molecule has 0 heterocycles. The Morgan fingerprint density at radius 1 is 1.24 bits per heavy atom. The molecule has 5 heteroatoms. The van der Waals surface area contributed by atoms with Gasteiger partial charge < -0.3 is 0 Å². The van der Waals surface area contributed by atoms with Crippen LogP contribution in [0.5, 0.6) is 0 Å². The van der Waals surface area contributed by atoms with Crippen molar-refractivity contribution in [3.63, 3.8) is 0 Å². The molecule has 0 bridgehead atoms. The molecule has 17 heavy (non-hydrogen) atoms. The lowest BCUT2D eigenvalue weighted by Gasteiger charge is -2.28. The molecule has 0 saturated heterocycles. The largest absolute Gasteiger partial charge is 0.238 e. The Morgan fingerprint density at radius 3 is 2.53 bits per heavy atom. The first kappa shape index (κ1) is 12.4. The quantitative estimate of drug-likeness (QED) is 0.669. The molecular weight excluding hydrogens is 300 g/mol. The molecule has 1 aromatic carbocycles. The summed E-state index contributed by atoms with van der Waals surface area (Å²) in [5, 5.41) is 0. The van der Waals surface area contributed by atoms with Crippen molar-refractivity contribution in [2.75, 3.05) is 0 Å². The summed E-state index contributed by atoms with van der Waals surface area (Å²) in [6.45, 7) is 0. The molecule has 0 aromatic heterocycles. The second-order valence-electron chi connectivity index (χ2n) is 3.64. The molecule has 2 rings (SSSR count). The molecule has 0 nitrogen and oxygen atoms in total. The number of alkyl halides is 2. The standard InChI is InChI=1S/C12H7BrF4/c13-7-4-5-8(9(14)6-7)12(17)10(15)2-1-3-11(12)16/h1-6,10H. The van der Waals surface area contributed by atoms with E-state index in [0.29, 0.717) is 4.47 Å². The van der Waals surface area contributed by atoms with Crippen LogP contribution in [0.2, 0.25) is 0 Å². The van der Waals surface area contributed by atoms with E-state index in [1.807, 2.05) is 0 Å². The van der Waals surface area contributed by atoms with Gasteiger partial charge in [-0.25, -0.2) is 17.6 Å². The lowest BCUT2D eigenvalue weighted by molar-refractivity contribution is 0.0817. The molecule has 0 spiro atoms. The molecule has 1 aliphatic rings. The fourth-order valence-electron chi connectivity index (χ4n) is 1.68. The highest BCUT2D eigenvalue weighted by Crippen LogP contribution is 2.43. The Kier molecular flexibility index (Phi) is 3.12. The Hall–Kier alpha value is -1.10. The van der Waals surface area contributed by atoms with E-state index >= 15 is 0 Å². The summed E-state index contributed by atoms with van der Waals surface area (Å²) in [5.74, 6) is -2.34. The third-order valence-electron chi connectivity index (χ3n) is 2.57. The summed E-state index contributed by atoms with van der Waals surface area (Å²) in [6, 6.07) is 3.33. The van der Waals surface area contributed by atoms with Crippen molar-refractivity contribution in [1.82, 2.24) is 0 Å². The zero-order valence-corrected chi connectivity index (χ0v) is 10.0. The van der Waals surface area contributed by atoms with Crippen LogP contribution in [-0.4, -0.2) is 6.17 Å². The first-order valence-electron chi connectivity index (χ1n) is 4.79. The number of hydrogen-bond donors (Lipinski definition) is 0. The van der Waals surface area contributed by atoms with E-state index in [1.165, 1.54) is 6.07 Å². The third kappa shape index (κ3) is 1.92. The molecule has 0 amide bonds. The van der Waals surface area contributed by atoms with E-state index in [-0.39, 0.29) is 0 Å². The van der Waals surface area contributed by atoms with Crippen LogP contribution in [0.15, 0.2) is 46.7 Å². The van der Waals surface area contributed by atoms with Gasteiger partial charge in [0.25, 0.3) is 0 Å². The summed E-state index contributed by atoms with van der Waals surface area (Å²) in [7, 11) is 0. The zero-order valence-electron chi connectivity index (χ0n) is 8.43. The van der Waals surface area contributed by atoms with E-state index in [1.54, 1.807) is 0 Å². The summed E-state index contributed by atoms with van der Waals surface area (Å²) in [4.78, 5) is 0. The topological polar surface area (TPSA) is 0 Å². The van der Waals surface area contributed by atoms with E-state index in [2.05, 4.69) is 15.9 Å². The minimum Gasteiger partial charge on any atom is -0.238 e. The van der Waals surface area contributed by atoms with Crippen LogP contribution < -0.4 is 0 Å². The van der Waals surface area contributed by atoms with Crippen molar-refractivity contribution in [1.29, 1.82) is 0 Å². The molecule has 2 atom stereocenters. The summed E-state index contributed by atoms with van der Waals surface area (Å²) >= 11 is 2.99. The lowest BCUT2D eigenvalue weighted by atomic mass is 9.86. The predicted octanol–water partition coefficient (Wildman–Crippen LogP) is 4.51. The van der Waals surface area contributed by atoms with Gasteiger partial charge in [0, 0.05) is 10.0 Å². The van der Waals surface area contributed by atoms with Crippen LogP contribution >= 0.6 is 15.9 Å². The molecule has 1 aliphatic carbocycles. The number of rotatable bonds is 1. The monoisotopic (exact) mass is 306 g/mol. The van der Waals surface area contributed by atoms with Gasteiger partial charge >= 0.3 is 0 Å². The van der Waals surface area contributed by atoms with E-state index in [4.69, 9.17) is 0 Å². The normalized spacial score (nSPS) is 28.1. The van der Waals surface area contributed by atoms with Gasteiger partial charge in [0.15, 0.2) is 6.17 Å². The van der Waals surface area contributed by atoms with Gasteiger partial charge in [0.2, 0.25) is 5.67 Å². The first-order chi connectivity index (χ1) is 7.96. The Balaban J connectivity index is 2.58. The van der Waals surface area contributed by atoms with Crippen LogP contribution in [0.4, 0.5) is 17.6 Å². The van der Waals surface area contributed by atoms with Gasteiger partial charge in [-0.15, -0.1) is 0 Å². The Labute approximate surface area is 104 Å². The fourth-order valence-corrected chi connectivity index (χ4v) is 2.02. The van der Waals surface area contributed by atoms with Gasteiger partial charge in [-0.05, 0) is 24.3 Å². The second-order valence-corrected chi connectivity index (χ2v) is 4.55. The number of allylic oxidation sites excluding steroid dienone is 4. The van der Waals surface area contributed by atoms with Gasteiger partial charge in [-0.3, -0.25) is 0 Å². The van der Waals surface area contributed by atoms with E-state index in [0.717, 1.165) is 30.4 Å². The fraction of sp³-hybridized carbons (Fsp3) is 0.167. The minimum absolute atomic E-state index is 0.369. The second kappa shape index (κ2) is 4.29. The van der Waals surface area contributed by atoms with Gasteiger partial charge in [-0.1, -0.05) is 28.1 Å². The smallest absolute Gasteiger partial charge is 0.224 e. The Morgan fingerprint density at radius 2 is 1.94 bits per heavy atom. The van der Waals surface area contributed by atoms with Crippen molar-refractivity contribution in [2.24, 2.45) is 0 Å². The predicted molar refractivity (Wildman–Crippen MR) is 60.1 cm³/mol. The molecule has 0 fully saturated rings. The van der Waals surface area contributed by atoms with E-state index < -0.39 is 29.0 Å². The van der Waals surface area contributed by atoms with Crippen LogP contribution in [0, 0.1) is 5.82 Å². The van der Waals surface area contributed by atoms with Crippen molar-refractivity contribution in [3.8, 4) is 0 Å². The molecule has 0 radical (unpaired) electrons. The van der Waals surface area contributed by atoms with Crippen molar-refractivity contribution >= 4 is 15.9 Å². The minimum atomic E-state index is -3.08. The summed E-state index contributed by atoms with van der Waals surface area (Å²) in [6.07, 6.45) is 0.458. The molecule has 1 aromatic rings. The molecule has 90 valence electrons. The molecule has 0 aliphatic heterocycles. The maximum Gasteiger partial charge on any atom is 0.224 e. The lowest BCUT2D eigenvalue weighted by Crippen LogP contribution is -2.34. The van der Waals surface area contributed by atoms with Crippen molar-refractivity contribution in [3.05, 3.63) is 58.1 Å². The highest BCUT2D eigenvalue weighted by molar-refractivity contribution is 9.10. The van der Waals surface area contributed by atoms with Crippen molar-refractivity contribution < 1.29 is 17.6 Å². The van der Waals surface area contributed by atoms with Crippen LogP contribution in [-0.2, 0) is 5.67 Å². The maximum atomic E-state index is 14.4. The zero-order chi connectivity index (χ0) is 12.6. The highest BCUT2D eigenvalue weighted by atomic mass is 79.9. The van der Waals surface area contributed by atoms with Crippen LogP contribution in [0.3, 0.4) is 0 Å². The number of benzene rings is 1. The van der Waals surface area contributed by atoms with Crippen LogP contribution in [0.1, 0.15) is 5.56 Å². The average Bonchev–Trinajstić information content (AvgIpc) is 2.26. The molecule has 0 saturated carbocycles. The first-order valence-corrected chi connectivity index (χ1v) is 5.58. The third-order valence-corrected chi connectivity index (χ3v) is 3.07. The van der Waals surface area contributed by atoms with Gasteiger partial charge in [0.05, 0.1) is 0 Å². The molecular formula is C12H7BrF4. The average molecular weight is 307 g/mol. The van der Waals surface area contributed by atoms with Gasteiger partial charge in [0.1, 0.15) is 11.6 Å². The summed E-state index contributed by atoms with van der Waals surface area (Å²) in [5.41, 5.74) is -3.73. The maximum absolute atomic E-state index is 14.4. The van der Waals surface area contributed by atoms with Gasteiger partial charge in [-0.2, -0.15) is 0 Å². The van der Waals surface area contributed by atoms with Crippen LogP contribution in [0.25, 0.3) is 0 Å². The highest BCUT2D eigenvalue weighted by Gasteiger charge is 2.47.